The molecule has 1 amide bonds. The van der Waals surface area contributed by atoms with Gasteiger partial charge in [-0.2, -0.15) is 0 Å². The molecule has 2 N–H and O–H groups in total. The summed E-state index contributed by atoms with van der Waals surface area (Å²) >= 11 is 0. The van der Waals surface area contributed by atoms with Crippen LogP contribution >= 0.6 is 0 Å². The van der Waals surface area contributed by atoms with Gasteiger partial charge in [0.25, 0.3) is 0 Å². The molecule has 1 fully saturated rings. The van der Waals surface area contributed by atoms with Crippen molar-refractivity contribution in [2.45, 2.75) is 19.5 Å². The number of hydrogen-bond acceptors (Lipinski definition) is 3. The smallest absolute Gasteiger partial charge is 0.238 e. The van der Waals surface area contributed by atoms with Gasteiger partial charge >= 0.3 is 0 Å². The van der Waals surface area contributed by atoms with Gasteiger partial charge in [0.05, 0.1) is 0 Å². The molecular weight excluding hydrogens is 264 g/mol. The van der Waals surface area contributed by atoms with Crippen molar-refractivity contribution >= 4 is 5.91 Å². The van der Waals surface area contributed by atoms with E-state index in [1.54, 1.807) is 0 Å². The number of piperazine rings is 1. The number of halogens is 2. The van der Waals surface area contributed by atoms with Crippen LogP contribution in [0.2, 0.25) is 0 Å². The fraction of sp³-hybridized carbons (Fsp3) is 0.500. The number of benzene rings is 1. The second-order valence-corrected chi connectivity index (χ2v) is 4.82. The quantitative estimate of drug-likeness (QED) is 0.862. The first-order valence-corrected chi connectivity index (χ1v) is 6.78. The third kappa shape index (κ3) is 3.52. The lowest BCUT2D eigenvalue weighted by Crippen LogP contribution is -2.57. The van der Waals surface area contributed by atoms with Crippen molar-refractivity contribution in [3.05, 3.63) is 35.4 Å². The van der Waals surface area contributed by atoms with Gasteiger partial charge in [0, 0.05) is 38.3 Å². The van der Waals surface area contributed by atoms with Gasteiger partial charge < -0.3 is 10.6 Å². The SMILES string of the molecule is CCNC(=O)C1CNCCN1Cc1cc(F)ccc1F. The van der Waals surface area contributed by atoms with E-state index in [-0.39, 0.29) is 24.1 Å². The number of amides is 1. The zero-order chi connectivity index (χ0) is 14.5. The predicted molar refractivity (Wildman–Crippen MR) is 72.1 cm³/mol. The van der Waals surface area contributed by atoms with Gasteiger partial charge in [-0.25, -0.2) is 8.78 Å². The van der Waals surface area contributed by atoms with Gasteiger partial charge in [-0.05, 0) is 25.1 Å². The number of nitrogens with one attached hydrogen (secondary N) is 2. The lowest BCUT2D eigenvalue weighted by atomic mass is 10.1. The first kappa shape index (κ1) is 14.9. The van der Waals surface area contributed by atoms with E-state index in [1.807, 2.05) is 11.8 Å². The highest BCUT2D eigenvalue weighted by molar-refractivity contribution is 5.82. The molecule has 0 saturated carbocycles. The number of carbonyl (C=O) groups excluding carboxylic acids is 1. The Morgan fingerprint density at radius 1 is 1.50 bits per heavy atom. The van der Waals surface area contributed by atoms with Crippen LogP contribution in [0.15, 0.2) is 18.2 Å². The van der Waals surface area contributed by atoms with E-state index >= 15 is 0 Å². The van der Waals surface area contributed by atoms with E-state index in [4.69, 9.17) is 0 Å². The van der Waals surface area contributed by atoms with Crippen molar-refractivity contribution < 1.29 is 13.6 Å². The van der Waals surface area contributed by atoms with Crippen LogP contribution in [0.5, 0.6) is 0 Å². The maximum absolute atomic E-state index is 13.7. The zero-order valence-electron chi connectivity index (χ0n) is 11.5. The molecule has 0 aromatic heterocycles. The summed E-state index contributed by atoms with van der Waals surface area (Å²) in [6.07, 6.45) is 0. The topological polar surface area (TPSA) is 44.4 Å². The van der Waals surface area contributed by atoms with Crippen LogP contribution in [0, 0.1) is 11.6 Å². The molecule has 1 aliphatic heterocycles. The number of nitrogens with zero attached hydrogens (tertiary/aromatic N) is 1. The number of hydrogen-bond donors (Lipinski definition) is 2. The number of likely N-dealkylation sites (N-methyl/N-ethyl adjacent to an activating group) is 1. The van der Waals surface area contributed by atoms with Gasteiger partial charge in [-0.15, -0.1) is 0 Å². The molecule has 1 heterocycles. The average molecular weight is 283 g/mol. The molecular formula is C14H19F2N3O. The molecule has 0 bridgehead atoms. The molecule has 6 heteroatoms. The normalized spacial score (nSPS) is 19.9. The van der Waals surface area contributed by atoms with Crippen LogP contribution in [0.3, 0.4) is 0 Å². The van der Waals surface area contributed by atoms with Gasteiger partial charge in [0.15, 0.2) is 0 Å². The van der Waals surface area contributed by atoms with Gasteiger partial charge in [-0.1, -0.05) is 0 Å². The Balaban J connectivity index is 2.12. The van der Waals surface area contributed by atoms with E-state index < -0.39 is 11.6 Å². The van der Waals surface area contributed by atoms with E-state index in [0.717, 1.165) is 18.7 Å². The molecule has 4 nitrogen and oxygen atoms in total. The molecule has 1 aliphatic rings. The maximum Gasteiger partial charge on any atom is 0.238 e. The third-order valence-electron chi connectivity index (χ3n) is 3.39. The van der Waals surface area contributed by atoms with Gasteiger partial charge in [0.2, 0.25) is 5.91 Å². The van der Waals surface area contributed by atoms with Crippen molar-refractivity contribution in [3.8, 4) is 0 Å². The Hall–Kier alpha value is -1.53. The van der Waals surface area contributed by atoms with Crippen molar-refractivity contribution in [1.82, 2.24) is 15.5 Å². The third-order valence-corrected chi connectivity index (χ3v) is 3.39. The zero-order valence-corrected chi connectivity index (χ0v) is 11.5. The molecule has 1 aromatic rings. The molecule has 1 unspecified atom stereocenters. The monoisotopic (exact) mass is 283 g/mol. The lowest BCUT2D eigenvalue weighted by Gasteiger charge is -2.35. The molecule has 0 aliphatic carbocycles. The van der Waals surface area contributed by atoms with Crippen molar-refractivity contribution in [3.63, 3.8) is 0 Å². The second kappa shape index (κ2) is 6.76. The summed E-state index contributed by atoms with van der Waals surface area (Å²) in [4.78, 5) is 13.9. The Kier molecular flexibility index (Phi) is 5.03. The first-order valence-electron chi connectivity index (χ1n) is 6.78. The molecule has 1 aromatic carbocycles. The standard InChI is InChI=1S/C14H19F2N3O/c1-2-18-14(20)13-8-17-5-6-19(13)9-10-7-11(15)3-4-12(10)16/h3-4,7,13,17H,2,5-6,8-9H2,1H3,(H,18,20). The van der Waals surface area contributed by atoms with Crippen LogP contribution in [0.4, 0.5) is 8.78 Å². The highest BCUT2D eigenvalue weighted by Gasteiger charge is 2.28. The van der Waals surface area contributed by atoms with Crippen LogP contribution in [0.25, 0.3) is 0 Å². The fourth-order valence-corrected chi connectivity index (χ4v) is 2.37. The summed E-state index contributed by atoms with van der Waals surface area (Å²) in [7, 11) is 0. The minimum Gasteiger partial charge on any atom is -0.355 e. The van der Waals surface area contributed by atoms with Crippen LogP contribution < -0.4 is 10.6 Å². The summed E-state index contributed by atoms with van der Waals surface area (Å²) in [6.45, 7) is 4.50. The highest BCUT2D eigenvalue weighted by atomic mass is 19.1. The Morgan fingerprint density at radius 3 is 3.05 bits per heavy atom. The largest absolute Gasteiger partial charge is 0.355 e. The van der Waals surface area contributed by atoms with Crippen LogP contribution in [-0.2, 0) is 11.3 Å². The summed E-state index contributed by atoms with van der Waals surface area (Å²) in [5, 5.41) is 5.91. The number of carbonyl (C=O) groups is 1. The van der Waals surface area contributed by atoms with Crippen LogP contribution in [0.1, 0.15) is 12.5 Å². The molecule has 0 radical (unpaired) electrons. The summed E-state index contributed by atoms with van der Waals surface area (Å²) in [5.74, 6) is -0.998. The van der Waals surface area contributed by atoms with Crippen molar-refractivity contribution in [1.29, 1.82) is 0 Å². The Morgan fingerprint density at radius 2 is 2.30 bits per heavy atom. The maximum atomic E-state index is 13.7. The molecule has 1 atom stereocenters. The molecule has 0 spiro atoms. The first-order chi connectivity index (χ1) is 9.61. The molecule has 20 heavy (non-hydrogen) atoms. The summed E-state index contributed by atoms with van der Waals surface area (Å²) < 4.78 is 26.9. The van der Waals surface area contributed by atoms with Gasteiger partial charge in [-0.3, -0.25) is 9.69 Å². The fourth-order valence-electron chi connectivity index (χ4n) is 2.37. The van der Waals surface area contributed by atoms with E-state index in [0.29, 0.717) is 19.6 Å². The molecule has 2 rings (SSSR count). The van der Waals surface area contributed by atoms with Crippen LogP contribution in [-0.4, -0.2) is 43.0 Å². The Bertz CT molecular complexity index is 481. The molecule has 1 saturated heterocycles. The minimum atomic E-state index is -0.467. The van der Waals surface area contributed by atoms with Crippen molar-refractivity contribution in [2.24, 2.45) is 0 Å². The van der Waals surface area contributed by atoms with E-state index in [1.165, 1.54) is 6.07 Å². The minimum absolute atomic E-state index is 0.0866. The van der Waals surface area contributed by atoms with E-state index in [2.05, 4.69) is 10.6 Å². The molecule has 110 valence electrons. The summed E-state index contributed by atoms with van der Waals surface area (Å²) in [6, 6.07) is 3.05. The van der Waals surface area contributed by atoms with E-state index in [9.17, 15) is 13.6 Å². The second-order valence-electron chi connectivity index (χ2n) is 4.82. The predicted octanol–water partition coefficient (Wildman–Crippen LogP) is 0.875. The Labute approximate surface area is 117 Å². The highest BCUT2D eigenvalue weighted by Crippen LogP contribution is 2.15. The van der Waals surface area contributed by atoms with Crippen molar-refractivity contribution in [2.75, 3.05) is 26.2 Å². The van der Waals surface area contributed by atoms with Gasteiger partial charge in [0.1, 0.15) is 17.7 Å². The lowest BCUT2D eigenvalue weighted by molar-refractivity contribution is -0.127. The average Bonchev–Trinajstić information content (AvgIpc) is 2.44. The number of rotatable bonds is 4. The summed E-state index contributed by atoms with van der Waals surface area (Å²) in [5.41, 5.74) is 0.279.